The van der Waals surface area contributed by atoms with Crippen LogP contribution in [0.15, 0.2) is 24.3 Å². The van der Waals surface area contributed by atoms with Crippen molar-refractivity contribution in [3.63, 3.8) is 0 Å². The maximum Gasteiger partial charge on any atom is 0.244 e. The van der Waals surface area contributed by atoms with Crippen LogP contribution >= 0.6 is 12.4 Å². The molecule has 4 N–H and O–H groups in total. The molecule has 0 spiro atoms. The van der Waals surface area contributed by atoms with Crippen LogP contribution in [-0.4, -0.2) is 17.4 Å². The Bertz CT molecular complexity index is 469. The summed E-state index contributed by atoms with van der Waals surface area (Å²) in [5.41, 5.74) is 6.51. The fourth-order valence-corrected chi connectivity index (χ4v) is 1.50. The zero-order valence-corrected chi connectivity index (χ0v) is 11.5. The first-order valence-corrected chi connectivity index (χ1v) is 6.04. The van der Waals surface area contributed by atoms with Gasteiger partial charge in [0.1, 0.15) is 0 Å². The summed E-state index contributed by atoms with van der Waals surface area (Å²) in [6.45, 7) is 1.79. The summed E-state index contributed by atoms with van der Waals surface area (Å²) in [6, 6.07) is 6.99. The minimum atomic E-state index is -0.672. The molecule has 1 aliphatic rings. The third-order valence-electron chi connectivity index (χ3n) is 2.99. The predicted octanol–water partition coefficient (Wildman–Crippen LogP) is 1.89. The van der Waals surface area contributed by atoms with Crippen LogP contribution in [0.4, 0.5) is 11.4 Å². The van der Waals surface area contributed by atoms with E-state index in [0.717, 1.165) is 12.8 Å². The first-order chi connectivity index (χ1) is 8.53. The lowest BCUT2D eigenvalue weighted by molar-refractivity contribution is -0.118. The van der Waals surface area contributed by atoms with Crippen LogP contribution in [0.1, 0.15) is 26.2 Å². The van der Waals surface area contributed by atoms with Crippen LogP contribution < -0.4 is 16.4 Å². The van der Waals surface area contributed by atoms with Crippen LogP contribution in [-0.2, 0) is 9.59 Å². The van der Waals surface area contributed by atoms with E-state index in [4.69, 9.17) is 5.73 Å². The second kappa shape index (κ2) is 6.04. The second-order valence-electron chi connectivity index (χ2n) is 4.59. The number of anilines is 2. The monoisotopic (exact) mass is 283 g/mol. The fraction of sp³-hybridized carbons (Fsp3) is 0.385. The van der Waals surface area contributed by atoms with E-state index in [1.807, 2.05) is 0 Å². The zero-order chi connectivity index (χ0) is 13.2. The number of benzene rings is 1. The van der Waals surface area contributed by atoms with Gasteiger partial charge >= 0.3 is 0 Å². The predicted molar refractivity (Wildman–Crippen MR) is 77.4 cm³/mol. The molecule has 104 valence electrons. The Kier molecular flexibility index (Phi) is 4.91. The summed E-state index contributed by atoms with van der Waals surface area (Å²) >= 11 is 0. The second-order valence-corrected chi connectivity index (χ2v) is 4.59. The Morgan fingerprint density at radius 1 is 1.16 bits per heavy atom. The van der Waals surface area contributed by atoms with Crippen molar-refractivity contribution >= 4 is 35.6 Å². The highest BCUT2D eigenvalue weighted by Crippen LogP contribution is 2.33. The fourth-order valence-electron chi connectivity index (χ4n) is 1.50. The molecule has 1 aromatic rings. The number of hydrogen-bond donors (Lipinski definition) is 3. The molecule has 19 heavy (non-hydrogen) atoms. The Labute approximate surface area is 118 Å². The van der Waals surface area contributed by atoms with Gasteiger partial charge in [-0.05, 0) is 37.1 Å². The number of halogens is 1. The van der Waals surface area contributed by atoms with Gasteiger partial charge in [-0.2, -0.15) is 0 Å². The molecular weight excluding hydrogens is 266 g/mol. The van der Waals surface area contributed by atoms with Gasteiger partial charge in [0.25, 0.3) is 0 Å². The number of rotatable bonds is 4. The lowest BCUT2D eigenvalue weighted by atomic mass is 10.2. The van der Waals surface area contributed by atoms with Crippen LogP contribution in [0.5, 0.6) is 0 Å². The maximum absolute atomic E-state index is 11.7. The van der Waals surface area contributed by atoms with Crippen molar-refractivity contribution in [2.75, 3.05) is 10.6 Å². The van der Waals surface area contributed by atoms with E-state index in [-0.39, 0.29) is 24.2 Å². The summed E-state index contributed by atoms with van der Waals surface area (Å²) < 4.78 is 0. The first kappa shape index (κ1) is 15.5. The SMILES string of the molecule is CCC(=O)Nc1ccc(NC(=O)C2(N)CC2)cc1.Cl. The van der Waals surface area contributed by atoms with Crippen molar-refractivity contribution in [3.8, 4) is 0 Å². The Hall–Kier alpha value is -1.59. The molecule has 0 unspecified atom stereocenters. The van der Waals surface area contributed by atoms with Gasteiger partial charge < -0.3 is 16.4 Å². The van der Waals surface area contributed by atoms with Gasteiger partial charge in [-0.3, -0.25) is 9.59 Å². The molecule has 0 aromatic heterocycles. The lowest BCUT2D eigenvalue weighted by Crippen LogP contribution is -2.37. The molecule has 0 radical (unpaired) electrons. The zero-order valence-electron chi connectivity index (χ0n) is 10.7. The minimum absolute atomic E-state index is 0. The highest BCUT2D eigenvalue weighted by molar-refractivity contribution is 6.00. The van der Waals surface area contributed by atoms with E-state index in [9.17, 15) is 9.59 Å². The van der Waals surface area contributed by atoms with Crippen LogP contribution in [0.3, 0.4) is 0 Å². The smallest absolute Gasteiger partial charge is 0.244 e. The maximum atomic E-state index is 11.7. The molecule has 0 saturated heterocycles. The van der Waals surface area contributed by atoms with Crippen LogP contribution in [0, 0.1) is 0 Å². The number of carbonyl (C=O) groups is 2. The Balaban J connectivity index is 0.00000180. The molecule has 5 nitrogen and oxygen atoms in total. The van der Waals surface area contributed by atoms with Crippen LogP contribution in [0.2, 0.25) is 0 Å². The third kappa shape index (κ3) is 3.94. The molecule has 2 rings (SSSR count). The molecule has 2 amide bonds. The van der Waals surface area contributed by atoms with Crippen molar-refractivity contribution in [1.82, 2.24) is 0 Å². The van der Waals surface area contributed by atoms with Gasteiger partial charge in [0.15, 0.2) is 0 Å². The van der Waals surface area contributed by atoms with Crippen LogP contribution in [0.25, 0.3) is 0 Å². The average Bonchev–Trinajstić information content (AvgIpc) is 3.11. The number of nitrogens with one attached hydrogen (secondary N) is 2. The summed E-state index contributed by atoms with van der Waals surface area (Å²) in [4.78, 5) is 22.9. The van der Waals surface area contributed by atoms with Crippen molar-refractivity contribution in [2.24, 2.45) is 5.73 Å². The molecule has 0 bridgehead atoms. The lowest BCUT2D eigenvalue weighted by Gasteiger charge is -2.10. The standard InChI is InChI=1S/C13H17N3O2.ClH/c1-2-11(17)15-9-3-5-10(6-4-9)16-12(18)13(14)7-8-13;/h3-6H,2,7-8,14H2,1H3,(H,15,17)(H,16,18);1H. The van der Waals surface area contributed by atoms with E-state index < -0.39 is 5.54 Å². The molecule has 1 aromatic carbocycles. The van der Waals surface area contributed by atoms with Gasteiger partial charge in [-0.1, -0.05) is 6.92 Å². The van der Waals surface area contributed by atoms with E-state index in [1.165, 1.54) is 0 Å². The Morgan fingerprint density at radius 3 is 2.05 bits per heavy atom. The molecule has 1 fully saturated rings. The summed E-state index contributed by atoms with van der Waals surface area (Å²) in [6.07, 6.45) is 1.92. The number of carbonyl (C=O) groups excluding carboxylic acids is 2. The highest BCUT2D eigenvalue weighted by atomic mass is 35.5. The summed E-state index contributed by atoms with van der Waals surface area (Å²) in [7, 11) is 0. The van der Waals surface area contributed by atoms with Gasteiger partial charge in [0, 0.05) is 17.8 Å². The third-order valence-corrected chi connectivity index (χ3v) is 2.99. The first-order valence-electron chi connectivity index (χ1n) is 6.04. The molecule has 1 aliphatic carbocycles. The van der Waals surface area contributed by atoms with E-state index in [0.29, 0.717) is 17.8 Å². The van der Waals surface area contributed by atoms with Gasteiger partial charge in [0.2, 0.25) is 11.8 Å². The molecule has 0 aliphatic heterocycles. The Morgan fingerprint density at radius 2 is 1.63 bits per heavy atom. The van der Waals surface area contributed by atoms with Crippen molar-refractivity contribution in [2.45, 2.75) is 31.7 Å². The van der Waals surface area contributed by atoms with E-state index in [2.05, 4.69) is 10.6 Å². The summed E-state index contributed by atoms with van der Waals surface area (Å²) in [5, 5.41) is 5.50. The largest absolute Gasteiger partial charge is 0.326 e. The van der Waals surface area contributed by atoms with Crippen molar-refractivity contribution in [3.05, 3.63) is 24.3 Å². The number of nitrogens with two attached hydrogens (primary N) is 1. The molecular formula is C13H18ClN3O2. The number of hydrogen-bond acceptors (Lipinski definition) is 3. The van der Waals surface area contributed by atoms with Gasteiger partial charge in [-0.15, -0.1) is 12.4 Å². The molecule has 6 heteroatoms. The van der Waals surface area contributed by atoms with Gasteiger partial charge in [0.05, 0.1) is 5.54 Å². The minimum Gasteiger partial charge on any atom is -0.326 e. The van der Waals surface area contributed by atoms with Crippen molar-refractivity contribution < 1.29 is 9.59 Å². The number of amides is 2. The molecule has 0 atom stereocenters. The average molecular weight is 284 g/mol. The quantitative estimate of drug-likeness (QED) is 0.789. The molecule has 0 heterocycles. The van der Waals surface area contributed by atoms with E-state index in [1.54, 1.807) is 31.2 Å². The van der Waals surface area contributed by atoms with Gasteiger partial charge in [-0.25, -0.2) is 0 Å². The highest BCUT2D eigenvalue weighted by Gasteiger charge is 2.45. The topological polar surface area (TPSA) is 84.2 Å². The van der Waals surface area contributed by atoms with Crippen molar-refractivity contribution in [1.29, 1.82) is 0 Å². The van der Waals surface area contributed by atoms with E-state index >= 15 is 0 Å². The molecule has 1 saturated carbocycles. The summed E-state index contributed by atoms with van der Waals surface area (Å²) in [5.74, 6) is -0.182. The normalized spacial score (nSPS) is 15.1.